The average molecular weight is 347 g/mol. The van der Waals surface area contributed by atoms with Gasteiger partial charge in [0.05, 0.1) is 12.2 Å². The zero-order chi connectivity index (χ0) is 14.4. The molecule has 0 radical (unpaired) electrons. The van der Waals surface area contributed by atoms with Gasteiger partial charge in [-0.05, 0) is 44.9 Å². The minimum atomic E-state index is 0.510. The van der Waals surface area contributed by atoms with Crippen LogP contribution in [0.1, 0.15) is 31.7 Å². The van der Waals surface area contributed by atoms with Crippen molar-refractivity contribution in [2.24, 2.45) is 0 Å². The van der Waals surface area contributed by atoms with E-state index in [2.05, 4.69) is 61.2 Å². The van der Waals surface area contributed by atoms with Crippen molar-refractivity contribution in [2.75, 3.05) is 7.05 Å². The second-order valence-electron chi connectivity index (χ2n) is 6.27. The Morgan fingerprint density at radius 2 is 1.71 bits per heavy atom. The molecular weight excluding hydrogens is 328 g/mol. The molecule has 2 aliphatic rings. The number of aromatic nitrogens is 3. The van der Waals surface area contributed by atoms with Crippen LogP contribution < -0.4 is 0 Å². The standard InChI is InChI=1S/C16H19BrN4/c1-20-13-6-7-14(20)9-15(8-13)21-10-16(18-19-21)11-2-4-12(17)5-3-11/h2-5,10,13-15H,6-9H2,1H3/t13-,14+,15?. The van der Waals surface area contributed by atoms with Crippen LogP contribution in [0.3, 0.4) is 0 Å². The van der Waals surface area contributed by atoms with Crippen LogP contribution in [0.25, 0.3) is 11.3 Å². The topological polar surface area (TPSA) is 34.0 Å². The van der Waals surface area contributed by atoms with E-state index in [1.54, 1.807) is 0 Å². The van der Waals surface area contributed by atoms with Gasteiger partial charge in [-0.25, -0.2) is 4.68 Å². The fourth-order valence-corrected chi connectivity index (χ4v) is 4.07. The third-order valence-electron chi connectivity index (χ3n) is 5.10. The lowest BCUT2D eigenvalue weighted by Crippen LogP contribution is -2.40. The first-order valence-corrected chi connectivity index (χ1v) is 8.40. The molecule has 0 spiro atoms. The zero-order valence-corrected chi connectivity index (χ0v) is 13.7. The third-order valence-corrected chi connectivity index (χ3v) is 5.63. The Balaban J connectivity index is 1.56. The maximum atomic E-state index is 4.40. The molecule has 1 aromatic carbocycles. The SMILES string of the molecule is CN1[C@@H]2CC[C@H]1CC(n1cc(-c3ccc(Br)cc3)nn1)C2. The molecule has 2 aliphatic heterocycles. The average Bonchev–Trinajstić information content (AvgIpc) is 3.03. The molecule has 21 heavy (non-hydrogen) atoms. The summed E-state index contributed by atoms with van der Waals surface area (Å²) in [7, 11) is 2.27. The fraction of sp³-hybridized carbons (Fsp3) is 0.500. The van der Waals surface area contributed by atoms with Gasteiger partial charge in [0, 0.05) is 22.1 Å². The van der Waals surface area contributed by atoms with Crippen LogP contribution in [0, 0.1) is 0 Å². The van der Waals surface area contributed by atoms with Gasteiger partial charge in [0.25, 0.3) is 0 Å². The van der Waals surface area contributed by atoms with Gasteiger partial charge >= 0.3 is 0 Å². The molecule has 1 aromatic heterocycles. The van der Waals surface area contributed by atoms with Crippen molar-refractivity contribution in [1.29, 1.82) is 0 Å². The highest BCUT2D eigenvalue weighted by molar-refractivity contribution is 9.10. The largest absolute Gasteiger partial charge is 0.300 e. The van der Waals surface area contributed by atoms with E-state index in [1.807, 2.05) is 12.1 Å². The van der Waals surface area contributed by atoms with Crippen LogP contribution in [0.5, 0.6) is 0 Å². The Morgan fingerprint density at radius 1 is 1.05 bits per heavy atom. The lowest BCUT2D eigenvalue weighted by molar-refractivity contribution is 0.130. The van der Waals surface area contributed by atoms with Crippen molar-refractivity contribution < 1.29 is 0 Å². The summed E-state index contributed by atoms with van der Waals surface area (Å²) in [5, 5.41) is 8.76. The summed E-state index contributed by atoms with van der Waals surface area (Å²) in [6, 6.07) is 10.2. The molecule has 2 saturated heterocycles. The zero-order valence-electron chi connectivity index (χ0n) is 12.1. The Morgan fingerprint density at radius 3 is 2.38 bits per heavy atom. The second kappa shape index (κ2) is 5.21. The van der Waals surface area contributed by atoms with E-state index in [0.717, 1.165) is 27.8 Å². The Kier molecular flexibility index (Phi) is 3.34. The first kappa shape index (κ1) is 13.5. The van der Waals surface area contributed by atoms with E-state index in [-0.39, 0.29) is 0 Å². The van der Waals surface area contributed by atoms with E-state index in [9.17, 15) is 0 Å². The maximum absolute atomic E-state index is 4.40. The van der Waals surface area contributed by atoms with E-state index in [0.29, 0.717) is 6.04 Å². The van der Waals surface area contributed by atoms with Crippen molar-refractivity contribution in [3.63, 3.8) is 0 Å². The van der Waals surface area contributed by atoms with Crippen LogP contribution in [0.4, 0.5) is 0 Å². The van der Waals surface area contributed by atoms with Gasteiger partial charge < -0.3 is 4.90 Å². The Labute approximate surface area is 133 Å². The number of hydrogen-bond donors (Lipinski definition) is 0. The first-order valence-electron chi connectivity index (χ1n) is 7.60. The molecular formula is C16H19BrN4. The van der Waals surface area contributed by atoms with Gasteiger partial charge in [-0.15, -0.1) is 5.10 Å². The molecule has 1 unspecified atom stereocenters. The van der Waals surface area contributed by atoms with E-state index in [1.165, 1.54) is 25.7 Å². The van der Waals surface area contributed by atoms with Crippen molar-refractivity contribution >= 4 is 15.9 Å². The number of hydrogen-bond acceptors (Lipinski definition) is 3. The lowest BCUT2D eigenvalue weighted by atomic mass is 9.98. The summed E-state index contributed by atoms with van der Waals surface area (Å²) >= 11 is 3.47. The summed E-state index contributed by atoms with van der Waals surface area (Å²) < 4.78 is 3.18. The van der Waals surface area contributed by atoms with Gasteiger partial charge in [-0.1, -0.05) is 33.3 Å². The third kappa shape index (κ3) is 2.42. The minimum absolute atomic E-state index is 0.510. The predicted octanol–water partition coefficient (Wildman–Crippen LogP) is 3.51. The number of piperidine rings is 1. The van der Waals surface area contributed by atoms with Gasteiger partial charge in [-0.3, -0.25) is 0 Å². The van der Waals surface area contributed by atoms with Crippen molar-refractivity contribution in [2.45, 2.75) is 43.8 Å². The molecule has 4 nitrogen and oxygen atoms in total. The summed E-state index contributed by atoms with van der Waals surface area (Å²) in [5.74, 6) is 0. The summed E-state index contributed by atoms with van der Waals surface area (Å²) in [6.45, 7) is 0. The van der Waals surface area contributed by atoms with Gasteiger partial charge in [0.2, 0.25) is 0 Å². The number of fused-ring (bicyclic) bond motifs is 2. The molecule has 2 fully saturated rings. The highest BCUT2D eigenvalue weighted by Crippen LogP contribution is 2.39. The molecule has 2 aromatic rings. The van der Waals surface area contributed by atoms with Crippen LogP contribution in [0.2, 0.25) is 0 Å². The lowest BCUT2D eigenvalue weighted by Gasteiger charge is -2.36. The van der Waals surface area contributed by atoms with Crippen molar-refractivity contribution in [1.82, 2.24) is 19.9 Å². The number of rotatable bonds is 2. The number of halogens is 1. The summed E-state index contributed by atoms with van der Waals surface area (Å²) in [6.07, 6.45) is 7.20. The highest BCUT2D eigenvalue weighted by atomic mass is 79.9. The van der Waals surface area contributed by atoms with Gasteiger partial charge in [0.15, 0.2) is 0 Å². The quantitative estimate of drug-likeness (QED) is 0.834. The minimum Gasteiger partial charge on any atom is -0.300 e. The Hall–Kier alpha value is -1.20. The highest BCUT2D eigenvalue weighted by Gasteiger charge is 2.39. The molecule has 0 amide bonds. The molecule has 3 heterocycles. The fourth-order valence-electron chi connectivity index (χ4n) is 3.81. The van der Waals surface area contributed by atoms with E-state index >= 15 is 0 Å². The monoisotopic (exact) mass is 346 g/mol. The summed E-state index contributed by atoms with van der Waals surface area (Å²) in [5.41, 5.74) is 2.09. The molecule has 2 bridgehead atoms. The molecule has 5 heteroatoms. The molecule has 0 saturated carbocycles. The summed E-state index contributed by atoms with van der Waals surface area (Å²) in [4.78, 5) is 2.56. The molecule has 0 aliphatic carbocycles. The van der Waals surface area contributed by atoms with Crippen molar-refractivity contribution in [3.05, 3.63) is 34.9 Å². The smallest absolute Gasteiger partial charge is 0.113 e. The Bertz CT molecular complexity index is 622. The molecule has 110 valence electrons. The van der Waals surface area contributed by atoms with Crippen LogP contribution in [0.15, 0.2) is 34.9 Å². The molecule has 3 atom stereocenters. The predicted molar refractivity (Wildman–Crippen MR) is 86.0 cm³/mol. The van der Waals surface area contributed by atoms with Gasteiger partial charge in [0.1, 0.15) is 5.69 Å². The van der Waals surface area contributed by atoms with E-state index in [4.69, 9.17) is 0 Å². The first-order chi connectivity index (χ1) is 10.2. The van der Waals surface area contributed by atoms with Crippen LogP contribution in [-0.4, -0.2) is 39.0 Å². The van der Waals surface area contributed by atoms with Crippen LogP contribution >= 0.6 is 15.9 Å². The molecule has 4 rings (SSSR count). The van der Waals surface area contributed by atoms with E-state index < -0.39 is 0 Å². The number of nitrogens with zero attached hydrogens (tertiary/aromatic N) is 4. The van der Waals surface area contributed by atoms with Gasteiger partial charge in [-0.2, -0.15) is 0 Å². The number of benzene rings is 1. The van der Waals surface area contributed by atoms with Crippen LogP contribution in [-0.2, 0) is 0 Å². The maximum Gasteiger partial charge on any atom is 0.113 e. The van der Waals surface area contributed by atoms with Crippen molar-refractivity contribution in [3.8, 4) is 11.3 Å². The normalized spacial score (nSPS) is 29.0. The molecule has 0 N–H and O–H groups in total. The second-order valence-corrected chi connectivity index (χ2v) is 7.18.